The summed E-state index contributed by atoms with van der Waals surface area (Å²) in [5.41, 5.74) is 2.06. The first-order chi connectivity index (χ1) is 14.4. The first-order valence-electron chi connectivity index (χ1n) is 9.02. The summed E-state index contributed by atoms with van der Waals surface area (Å²) in [5.74, 6) is -0.317. The van der Waals surface area contributed by atoms with Crippen LogP contribution >= 0.6 is 11.8 Å². The van der Waals surface area contributed by atoms with E-state index in [1.54, 1.807) is 36.4 Å². The van der Waals surface area contributed by atoms with Crippen LogP contribution in [0.1, 0.15) is 18.2 Å². The number of rotatable bonds is 7. The van der Waals surface area contributed by atoms with Gasteiger partial charge in [0.25, 0.3) is 5.56 Å². The first kappa shape index (κ1) is 21.3. The lowest BCUT2D eigenvalue weighted by Crippen LogP contribution is -2.18. The van der Waals surface area contributed by atoms with Gasteiger partial charge >= 0.3 is 0 Å². The average Bonchev–Trinajstić information content (AvgIpc) is 2.68. The third kappa shape index (κ3) is 6.56. The smallest absolute Gasteiger partial charge is 0.251 e. The number of nitrogens with one attached hydrogen (secondary N) is 3. The van der Waals surface area contributed by atoms with Gasteiger partial charge in [0.2, 0.25) is 11.8 Å². The molecular formula is C21H19FN4O3S. The van der Waals surface area contributed by atoms with E-state index >= 15 is 0 Å². The third-order valence-electron chi connectivity index (χ3n) is 3.89. The fourth-order valence-corrected chi connectivity index (χ4v) is 3.43. The monoisotopic (exact) mass is 426 g/mol. The van der Waals surface area contributed by atoms with Gasteiger partial charge in [0.05, 0.1) is 12.1 Å². The maximum Gasteiger partial charge on any atom is 0.251 e. The summed E-state index contributed by atoms with van der Waals surface area (Å²) in [7, 11) is 0. The Kier molecular flexibility index (Phi) is 6.97. The van der Waals surface area contributed by atoms with Crippen molar-refractivity contribution in [2.45, 2.75) is 24.3 Å². The number of benzene rings is 2. The summed E-state index contributed by atoms with van der Waals surface area (Å²) >= 11 is 1.29. The Morgan fingerprint density at radius 1 is 1.03 bits per heavy atom. The average molecular weight is 426 g/mol. The molecule has 3 rings (SSSR count). The highest BCUT2D eigenvalue weighted by atomic mass is 32.2. The Balaban J connectivity index is 1.60. The van der Waals surface area contributed by atoms with Crippen molar-refractivity contribution in [1.29, 1.82) is 0 Å². The summed E-state index contributed by atoms with van der Waals surface area (Å²) in [6.07, 6.45) is -0.0680. The minimum absolute atomic E-state index is 0.0680. The summed E-state index contributed by atoms with van der Waals surface area (Å²) in [6.45, 7) is 1.41. The molecule has 0 radical (unpaired) electrons. The molecule has 0 aliphatic carbocycles. The number of amides is 2. The predicted molar refractivity (Wildman–Crippen MR) is 114 cm³/mol. The predicted octanol–water partition coefficient (Wildman–Crippen LogP) is 3.34. The number of thioether (sulfide) groups is 1. The van der Waals surface area contributed by atoms with Gasteiger partial charge in [0.1, 0.15) is 5.82 Å². The second kappa shape index (κ2) is 9.84. The Morgan fingerprint density at radius 3 is 2.30 bits per heavy atom. The Labute approximate surface area is 176 Å². The molecule has 0 spiro atoms. The first-order valence-corrected chi connectivity index (χ1v) is 10.0. The van der Waals surface area contributed by atoms with E-state index in [2.05, 4.69) is 20.6 Å². The molecule has 1 heterocycles. The van der Waals surface area contributed by atoms with Gasteiger partial charge in [-0.3, -0.25) is 14.4 Å². The van der Waals surface area contributed by atoms with Gasteiger partial charge in [-0.25, -0.2) is 9.37 Å². The van der Waals surface area contributed by atoms with Crippen LogP contribution in [0.3, 0.4) is 0 Å². The Hall–Kier alpha value is -3.46. The summed E-state index contributed by atoms with van der Waals surface area (Å²) in [6, 6.07) is 14.0. The SMILES string of the molecule is CC(=O)Nc1ccc(NC(=O)Cc2cc(=O)[nH]c(SCc3ccc(F)cc3)n2)cc1. The topological polar surface area (TPSA) is 104 Å². The van der Waals surface area contributed by atoms with E-state index in [9.17, 15) is 18.8 Å². The maximum atomic E-state index is 13.0. The van der Waals surface area contributed by atoms with Crippen molar-refractivity contribution in [3.05, 3.63) is 82.0 Å². The van der Waals surface area contributed by atoms with E-state index < -0.39 is 0 Å². The molecule has 30 heavy (non-hydrogen) atoms. The van der Waals surface area contributed by atoms with Crippen LogP contribution < -0.4 is 16.2 Å². The quantitative estimate of drug-likeness (QED) is 0.397. The van der Waals surface area contributed by atoms with Gasteiger partial charge < -0.3 is 15.6 Å². The molecule has 0 saturated heterocycles. The second-order valence-electron chi connectivity index (χ2n) is 6.44. The molecule has 0 fully saturated rings. The van der Waals surface area contributed by atoms with Crippen LogP contribution in [0, 0.1) is 5.82 Å². The molecule has 1 aromatic heterocycles. The van der Waals surface area contributed by atoms with Crippen molar-refractivity contribution in [2.75, 3.05) is 10.6 Å². The van der Waals surface area contributed by atoms with Crippen LogP contribution in [0.5, 0.6) is 0 Å². The van der Waals surface area contributed by atoms with Crippen LogP contribution in [-0.2, 0) is 21.8 Å². The van der Waals surface area contributed by atoms with Crippen LogP contribution in [0.4, 0.5) is 15.8 Å². The minimum Gasteiger partial charge on any atom is -0.326 e. The minimum atomic E-state index is -0.353. The van der Waals surface area contributed by atoms with Crippen molar-refractivity contribution in [2.24, 2.45) is 0 Å². The molecule has 3 N–H and O–H groups in total. The summed E-state index contributed by atoms with van der Waals surface area (Å²) < 4.78 is 13.0. The number of carbonyl (C=O) groups is 2. The standard InChI is InChI=1S/C21H19FN4O3S/c1-13(27)23-16-6-8-17(9-7-16)24-19(28)10-18-11-20(29)26-21(25-18)30-12-14-2-4-15(22)5-3-14/h2-9,11H,10,12H2,1H3,(H,23,27)(H,24,28)(H,25,26,29). The highest BCUT2D eigenvalue weighted by molar-refractivity contribution is 7.98. The molecular weight excluding hydrogens is 407 g/mol. The van der Waals surface area contributed by atoms with E-state index in [1.807, 2.05) is 0 Å². The van der Waals surface area contributed by atoms with Crippen molar-refractivity contribution in [3.8, 4) is 0 Å². The normalized spacial score (nSPS) is 10.5. The number of hydrogen-bond donors (Lipinski definition) is 3. The lowest BCUT2D eigenvalue weighted by molar-refractivity contribution is -0.116. The number of halogens is 1. The second-order valence-corrected chi connectivity index (χ2v) is 7.40. The number of aromatic nitrogens is 2. The number of anilines is 2. The molecule has 0 bridgehead atoms. The van der Waals surface area contributed by atoms with E-state index in [1.165, 1.54) is 36.9 Å². The summed E-state index contributed by atoms with van der Waals surface area (Å²) in [5, 5.41) is 5.75. The highest BCUT2D eigenvalue weighted by Crippen LogP contribution is 2.19. The van der Waals surface area contributed by atoms with E-state index in [0.29, 0.717) is 28.0 Å². The lowest BCUT2D eigenvalue weighted by Gasteiger charge is -2.08. The van der Waals surface area contributed by atoms with Gasteiger partial charge in [-0.2, -0.15) is 0 Å². The fraction of sp³-hybridized carbons (Fsp3) is 0.143. The Morgan fingerprint density at radius 2 is 1.67 bits per heavy atom. The van der Waals surface area contributed by atoms with Crippen molar-refractivity contribution in [1.82, 2.24) is 9.97 Å². The molecule has 9 heteroatoms. The molecule has 154 valence electrons. The number of H-pyrrole nitrogens is 1. The van der Waals surface area contributed by atoms with Gasteiger partial charge in [-0.15, -0.1) is 0 Å². The molecule has 2 amide bonds. The van der Waals surface area contributed by atoms with E-state index in [4.69, 9.17) is 0 Å². The molecule has 0 atom stereocenters. The van der Waals surface area contributed by atoms with E-state index in [-0.39, 0.29) is 29.6 Å². The fourth-order valence-electron chi connectivity index (χ4n) is 2.58. The lowest BCUT2D eigenvalue weighted by atomic mass is 10.2. The molecule has 0 unspecified atom stereocenters. The zero-order chi connectivity index (χ0) is 21.5. The van der Waals surface area contributed by atoms with Gasteiger partial charge in [-0.1, -0.05) is 23.9 Å². The van der Waals surface area contributed by atoms with Crippen LogP contribution in [0.2, 0.25) is 0 Å². The van der Waals surface area contributed by atoms with Crippen LogP contribution in [0.25, 0.3) is 0 Å². The molecule has 7 nitrogen and oxygen atoms in total. The van der Waals surface area contributed by atoms with Crippen molar-refractivity contribution >= 4 is 35.0 Å². The third-order valence-corrected chi connectivity index (χ3v) is 4.84. The molecule has 0 saturated carbocycles. The van der Waals surface area contributed by atoms with Gasteiger partial charge in [0.15, 0.2) is 5.16 Å². The number of aromatic amines is 1. The largest absolute Gasteiger partial charge is 0.326 e. The zero-order valence-corrected chi connectivity index (χ0v) is 16.9. The highest BCUT2D eigenvalue weighted by Gasteiger charge is 2.09. The van der Waals surface area contributed by atoms with Gasteiger partial charge in [0, 0.05) is 30.1 Å². The number of hydrogen-bond acceptors (Lipinski definition) is 5. The molecule has 2 aromatic carbocycles. The van der Waals surface area contributed by atoms with Crippen molar-refractivity contribution < 1.29 is 14.0 Å². The van der Waals surface area contributed by atoms with Crippen molar-refractivity contribution in [3.63, 3.8) is 0 Å². The maximum absolute atomic E-state index is 13.0. The van der Waals surface area contributed by atoms with E-state index in [0.717, 1.165) is 5.56 Å². The van der Waals surface area contributed by atoms with Gasteiger partial charge in [-0.05, 0) is 42.0 Å². The number of nitrogens with zero attached hydrogens (tertiary/aromatic N) is 1. The molecule has 3 aromatic rings. The zero-order valence-electron chi connectivity index (χ0n) is 16.1. The Bertz CT molecular complexity index is 1100. The van der Waals surface area contributed by atoms with Crippen LogP contribution in [0.15, 0.2) is 64.5 Å². The summed E-state index contributed by atoms with van der Waals surface area (Å²) in [4.78, 5) is 42.2. The molecule has 0 aliphatic heterocycles. The number of carbonyl (C=O) groups excluding carboxylic acids is 2. The molecule has 0 aliphatic rings. The van der Waals surface area contributed by atoms with Crippen LogP contribution in [-0.4, -0.2) is 21.8 Å².